The minimum atomic E-state index is -4.55. The Bertz CT molecular complexity index is 1160. The van der Waals surface area contributed by atoms with Crippen LogP contribution in [0, 0.1) is 0 Å². The fourth-order valence-corrected chi connectivity index (χ4v) is 5.35. The Morgan fingerprint density at radius 3 is 1.55 bits per heavy atom. The number of carbonyl (C=O) groups is 1. The monoisotopic (exact) mass is 760 g/mol. The number of phosphoric ester groups is 1. The van der Waals surface area contributed by atoms with Gasteiger partial charge in [-0.15, -0.1) is 0 Å². The van der Waals surface area contributed by atoms with Crippen molar-refractivity contribution < 1.29 is 37.3 Å². The van der Waals surface area contributed by atoms with Gasteiger partial charge in [0.05, 0.1) is 41.0 Å². The van der Waals surface area contributed by atoms with Crippen molar-refractivity contribution >= 4 is 13.8 Å². The summed E-state index contributed by atoms with van der Waals surface area (Å²) in [7, 11) is 1.28. The van der Waals surface area contributed by atoms with Crippen molar-refractivity contribution in [2.45, 2.75) is 123 Å². The third-order valence-corrected chi connectivity index (χ3v) is 8.61. The minimum Gasteiger partial charge on any atom is -0.756 e. The largest absolute Gasteiger partial charge is 0.756 e. The molecule has 0 amide bonds. The van der Waals surface area contributed by atoms with Gasteiger partial charge in [-0.2, -0.15) is 0 Å². The van der Waals surface area contributed by atoms with Crippen molar-refractivity contribution in [2.75, 3.05) is 54.1 Å². The van der Waals surface area contributed by atoms with Gasteiger partial charge in [0.1, 0.15) is 19.3 Å². The third-order valence-electron chi connectivity index (χ3n) is 7.65. The molecule has 0 heterocycles. The molecule has 0 aromatic carbocycles. The summed E-state index contributed by atoms with van der Waals surface area (Å²) in [4.78, 5) is 25.0. The molecule has 0 aliphatic rings. The van der Waals surface area contributed by atoms with Gasteiger partial charge in [-0.25, -0.2) is 0 Å². The van der Waals surface area contributed by atoms with Crippen LogP contribution in [0.15, 0.2) is 97.2 Å². The molecule has 9 heteroatoms. The van der Waals surface area contributed by atoms with Gasteiger partial charge < -0.3 is 27.9 Å². The van der Waals surface area contributed by atoms with Crippen LogP contribution in [0.1, 0.15) is 117 Å². The number of ether oxygens (including phenoxy) is 2. The number of hydrogen-bond donors (Lipinski definition) is 0. The Morgan fingerprint density at radius 1 is 0.585 bits per heavy atom. The van der Waals surface area contributed by atoms with E-state index in [0.717, 1.165) is 89.9 Å². The fraction of sp³-hybridized carbons (Fsp3) is 0.614. The highest BCUT2D eigenvalue weighted by Gasteiger charge is 2.20. The number of carbonyl (C=O) groups excluding carboxylic acids is 1. The standard InChI is InChI=1S/C44H74NO7P/c1-6-8-10-12-14-16-18-20-22-24-26-28-30-32-34-36-39-49-41-43(42-51-53(47,48)50-40-38-45(3,4)5)52-44(46)37-35-33-31-29-27-25-23-21-19-17-15-13-11-9-7-2/h8-11,14-17,20-23,26,28,32,34,43H,6-7,12-13,18-19,24-25,27,29-31,33,35-42H2,1-5H3/b10-8-,11-9-,16-14-,17-15-,22-20-,23-21-,28-26-,34-32-. The molecular formula is C44H74NO7P. The highest BCUT2D eigenvalue weighted by Crippen LogP contribution is 2.38. The number of esters is 1. The Kier molecular flexibility index (Phi) is 34.6. The SMILES string of the molecule is CC/C=C\C/C=C\C/C=C\C/C=C\C/C=C\CCOCC(COP(=O)([O-])OCC[N+](C)(C)C)OC(=O)CCCCCCC/C=C\C/C=C\C/C=C\CC. The average Bonchev–Trinajstić information content (AvgIpc) is 3.11. The fourth-order valence-electron chi connectivity index (χ4n) is 4.62. The first-order chi connectivity index (χ1) is 25.6. The molecule has 0 N–H and O–H groups in total. The van der Waals surface area contributed by atoms with E-state index in [2.05, 4.69) is 105 Å². The summed E-state index contributed by atoms with van der Waals surface area (Å²) in [6, 6.07) is 0. The van der Waals surface area contributed by atoms with Gasteiger partial charge >= 0.3 is 5.97 Å². The van der Waals surface area contributed by atoms with E-state index < -0.39 is 13.9 Å². The van der Waals surface area contributed by atoms with Crippen LogP contribution in [0.5, 0.6) is 0 Å². The lowest BCUT2D eigenvalue weighted by atomic mass is 10.1. The summed E-state index contributed by atoms with van der Waals surface area (Å²) >= 11 is 0. The van der Waals surface area contributed by atoms with Crippen molar-refractivity contribution in [3.63, 3.8) is 0 Å². The number of quaternary nitrogens is 1. The van der Waals surface area contributed by atoms with Crippen LogP contribution >= 0.6 is 7.82 Å². The van der Waals surface area contributed by atoms with Crippen LogP contribution in [0.25, 0.3) is 0 Å². The molecule has 0 radical (unpaired) electrons. The van der Waals surface area contributed by atoms with Crippen LogP contribution in [0.2, 0.25) is 0 Å². The zero-order valence-corrected chi connectivity index (χ0v) is 34.8. The number of nitrogens with zero attached hydrogens (tertiary/aromatic N) is 1. The number of likely N-dealkylation sites (N-methyl/N-ethyl adjacent to an activating group) is 1. The van der Waals surface area contributed by atoms with Gasteiger partial charge in [0, 0.05) is 6.42 Å². The van der Waals surface area contributed by atoms with E-state index in [1.807, 2.05) is 27.2 Å². The van der Waals surface area contributed by atoms with Crippen molar-refractivity contribution in [1.29, 1.82) is 0 Å². The molecule has 0 aliphatic heterocycles. The molecule has 0 aromatic rings. The predicted molar refractivity (Wildman–Crippen MR) is 221 cm³/mol. The second-order valence-corrected chi connectivity index (χ2v) is 15.3. The van der Waals surface area contributed by atoms with Crippen molar-refractivity contribution in [1.82, 2.24) is 0 Å². The maximum atomic E-state index is 12.6. The lowest BCUT2D eigenvalue weighted by Gasteiger charge is -2.28. The van der Waals surface area contributed by atoms with E-state index in [0.29, 0.717) is 24.1 Å². The molecule has 0 rings (SSSR count). The van der Waals surface area contributed by atoms with E-state index in [9.17, 15) is 14.3 Å². The Hall–Kier alpha value is -2.58. The van der Waals surface area contributed by atoms with Crippen LogP contribution in [0.4, 0.5) is 0 Å². The van der Waals surface area contributed by atoms with Crippen LogP contribution in [-0.2, 0) is 27.9 Å². The van der Waals surface area contributed by atoms with Gasteiger partial charge in [0.25, 0.3) is 7.82 Å². The predicted octanol–water partition coefficient (Wildman–Crippen LogP) is 10.9. The molecule has 0 spiro atoms. The molecule has 2 atom stereocenters. The van der Waals surface area contributed by atoms with Gasteiger partial charge in [0.15, 0.2) is 0 Å². The summed E-state index contributed by atoms with van der Waals surface area (Å²) in [5.74, 6) is -0.382. The molecule has 2 unspecified atom stereocenters. The highest BCUT2D eigenvalue weighted by molar-refractivity contribution is 7.45. The Labute approximate surface area is 324 Å². The number of unbranched alkanes of at least 4 members (excludes halogenated alkanes) is 5. The maximum Gasteiger partial charge on any atom is 0.306 e. The zero-order valence-electron chi connectivity index (χ0n) is 33.9. The van der Waals surface area contributed by atoms with E-state index in [-0.39, 0.29) is 32.2 Å². The molecule has 0 fully saturated rings. The summed E-state index contributed by atoms with van der Waals surface area (Å²) < 4.78 is 34.3. The first-order valence-electron chi connectivity index (χ1n) is 20.0. The van der Waals surface area contributed by atoms with E-state index in [1.54, 1.807) is 0 Å². The quantitative estimate of drug-likeness (QED) is 0.0209. The van der Waals surface area contributed by atoms with Gasteiger partial charge in [-0.3, -0.25) is 9.36 Å². The first kappa shape index (κ1) is 50.4. The normalized spacial score (nSPS) is 14.9. The molecule has 8 nitrogen and oxygen atoms in total. The summed E-state index contributed by atoms with van der Waals surface area (Å²) in [5.41, 5.74) is 0. The van der Waals surface area contributed by atoms with Crippen molar-refractivity contribution in [2.24, 2.45) is 0 Å². The van der Waals surface area contributed by atoms with E-state index in [4.69, 9.17) is 18.5 Å². The van der Waals surface area contributed by atoms with Crippen LogP contribution in [-0.4, -0.2) is 70.7 Å². The third kappa shape index (κ3) is 40.4. The number of phosphoric acid groups is 1. The topological polar surface area (TPSA) is 94.1 Å². The second kappa shape index (κ2) is 36.4. The number of hydrogen-bond acceptors (Lipinski definition) is 7. The average molecular weight is 760 g/mol. The molecule has 302 valence electrons. The molecular weight excluding hydrogens is 685 g/mol. The smallest absolute Gasteiger partial charge is 0.306 e. The van der Waals surface area contributed by atoms with E-state index in [1.165, 1.54) is 0 Å². The van der Waals surface area contributed by atoms with E-state index >= 15 is 0 Å². The molecule has 0 saturated carbocycles. The number of allylic oxidation sites excluding steroid dienone is 15. The summed E-state index contributed by atoms with van der Waals surface area (Å²) in [5, 5.41) is 0. The lowest BCUT2D eigenvalue weighted by Crippen LogP contribution is -2.37. The summed E-state index contributed by atoms with van der Waals surface area (Å²) in [6.45, 7) is 4.88. The maximum absolute atomic E-state index is 12.6. The van der Waals surface area contributed by atoms with Crippen LogP contribution < -0.4 is 4.89 Å². The Morgan fingerprint density at radius 2 is 1.04 bits per heavy atom. The molecule has 0 saturated heterocycles. The Balaban J connectivity index is 4.47. The van der Waals surface area contributed by atoms with Crippen molar-refractivity contribution in [3.05, 3.63) is 97.2 Å². The second-order valence-electron chi connectivity index (χ2n) is 13.9. The highest BCUT2D eigenvalue weighted by atomic mass is 31.2. The van der Waals surface area contributed by atoms with Gasteiger partial charge in [-0.1, -0.05) is 130 Å². The number of rotatable bonds is 35. The lowest BCUT2D eigenvalue weighted by molar-refractivity contribution is -0.870. The first-order valence-corrected chi connectivity index (χ1v) is 21.4. The zero-order chi connectivity index (χ0) is 39.1. The summed E-state index contributed by atoms with van der Waals surface area (Å²) in [6.07, 6.45) is 48.7. The molecule has 0 bridgehead atoms. The van der Waals surface area contributed by atoms with Gasteiger partial charge in [0.2, 0.25) is 0 Å². The van der Waals surface area contributed by atoms with Crippen LogP contribution in [0.3, 0.4) is 0 Å². The molecule has 53 heavy (non-hydrogen) atoms. The molecule has 0 aromatic heterocycles. The minimum absolute atomic E-state index is 0.00328. The van der Waals surface area contributed by atoms with Gasteiger partial charge in [-0.05, 0) is 77.0 Å². The van der Waals surface area contributed by atoms with Crippen molar-refractivity contribution in [3.8, 4) is 0 Å². The molecule has 0 aliphatic carbocycles.